The molecule has 0 bridgehead atoms. The van der Waals surface area contributed by atoms with Gasteiger partial charge in [-0.3, -0.25) is 0 Å². The number of ether oxygens (including phenoxy) is 4. The Hall–Kier alpha value is -3.09. The third-order valence-corrected chi connectivity index (χ3v) is 3.47. The van der Waals surface area contributed by atoms with E-state index in [-0.39, 0.29) is 21.9 Å². The van der Waals surface area contributed by atoms with Crippen LogP contribution in [0.25, 0.3) is 0 Å². The summed E-state index contributed by atoms with van der Waals surface area (Å²) in [6, 6.07) is 9.83. The van der Waals surface area contributed by atoms with E-state index in [9.17, 15) is 0 Å². The fourth-order valence-corrected chi connectivity index (χ4v) is 2.26. The van der Waals surface area contributed by atoms with Gasteiger partial charge < -0.3 is 18.9 Å². The van der Waals surface area contributed by atoms with Gasteiger partial charge in [-0.25, -0.2) is 0 Å². The Kier molecular flexibility index (Phi) is 5.36. The second-order valence-electron chi connectivity index (χ2n) is 4.51. The average Bonchev–Trinajstić information content (AvgIpc) is 2.61. The predicted octanol–water partition coefficient (Wildman–Crippen LogP) is 3.90. The van der Waals surface area contributed by atoms with Gasteiger partial charge in [0.15, 0.2) is 11.5 Å². The van der Waals surface area contributed by atoms with E-state index < -0.39 is 0 Å². The minimum atomic E-state index is 0.171. The van der Waals surface area contributed by atoms with Crippen molar-refractivity contribution in [2.24, 2.45) is 0 Å². The molecule has 0 unspecified atom stereocenters. The number of hydrogen-bond acceptors (Lipinski definition) is 6. The van der Waals surface area contributed by atoms with E-state index in [0.29, 0.717) is 23.0 Å². The predicted molar refractivity (Wildman–Crippen MR) is 87.1 cm³/mol. The summed E-state index contributed by atoms with van der Waals surface area (Å²) in [5.41, 5.74) is 0.351. The molecule has 122 valence electrons. The molecule has 6 nitrogen and oxygen atoms in total. The standard InChI is InChI=1S/C17H13ClN2O4/c1-21-15-6-12(7-16(22-2)17(15)23-3)24-14-5-11(9-20)10(8-19)4-13(14)18/h4-7H,1-3H3. The Labute approximate surface area is 144 Å². The average molecular weight is 345 g/mol. The first kappa shape index (κ1) is 17.3. The van der Waals surface area contributed by atoms with Gasteiger partial charge in [0.25, 0.3) is 0 Å². The van der Waals surface area contributed by atoms with Crippen molar-refractivity contribution in [3.8, 4) is 40.9 Å². The molecule has 7 heteroatoms. The lowest BCUT2D eigenvalue weighted by Crippen LogP contribution is -1.96. The van der Waals surface area contributed by atoms with Crippen LogP contribution < -0.4 is 18.9 Å². The van der Waals surface area contributed by atoms with Gasteiger partial charge in [0.1, 0.15) is 23.6 Å². The first-order valence-electron chi connectivity index (χ1n) is 6.69. The molecular formula is C17H13ClN2O4. The van der Waals surface area contributed by atoms with Gasteiger partial charge in [-0.05, 0) is 6.07 Å². The van der Waals surface area contributed by atoms with Crippen molar-refractivity contribution in [2.75, 3.05) is 21.3 Å². The van der Waals surface area contributed by atoms with E-state index >= 15 is 0 Å². The summed E-state index contributed by atoms with van der Waals surface area (Å²) in [6.45, 7) is 0. The molecule has 0 aliphatic rings. The summed E-state index contributed by atoms with van der Waals surface area (Å²) < 4.78 is 21.5. The van der Waals surface area contributed by atoms with Crippen LogP contribution in [-0.4, -0.2) is 21.3 Å². The zero-order valence-electron chi connectivity index (χ0n) is 13.2. The molecule has 0 spiro atoms. The van der Waals surface area contributed by atoms with E-state index in [1.54, 1.807) is 12.1 Å². The lowest BCUT2D eigenvalue weighted by molar-refractivity contribution is 0.321. The molecule has 0 aliphatic heterocycles. The summed E-state index contributed by atoms with van der Waals surface area (Å²) in [5.74, 6) is 1.87. The topological polar surface area (TPSA) is 84.5 Å². The van der Waals surface area contributed by atoms with Crippen molar-refractivity contribution in [3.63, 3.8) is 0 Å². The van der Waals surface area contributed by atoms with Crippen LogP contribution in [0.3, 0.4) is 0 Å². The summed E-state index contributed by atoms with van der Waals surface area (Å²) in [5, 5.41) is 18.3. The molecule has 2 aromatic rings. The van der Waals surface area contributed by atoms with Gasteiger partial charge in [-0.1, -0.05) is 11.6 Å². The summed E-state index contributed by atoms with van der Waals surface area (Å²) in [6.07, 6.45) is 0. The number of methoxy groups -OCH3 is 3. The summed E-state index contributed by atoms with van der Waals surface area (Å²) >= 11 is 6.12. The third kappa shape index (κ3) is 3.29. The zero-order valence-corrected chi connectivity index (χ0v) is 14.0. The SMILES string of the molecule is COc1cc(Oc2cc(C#N)c(C#N)cc2Cl)cc(OC)c1OC. The van der Waals surface area contributed by atoms with Crippen LogP contribution in [0.15, 0.2) is 24.3 Å². The van der Waals surface area contributed by atoms with E-state index in [1.807, 2.05) is 12.1 Å². The highest BCUT2D eigenvalue weighted by atomic mass is 35.5. The highest BCUT2D eigenvalue weighted by Gasteiger charge is 2.16. The maximum atomic E-state index is 9.11. The second-order valence-corrected chi connectivity index (χ2v) is 4.92. The van der Waals surface area contributed by atoms with E-state index in [4.69, 9.17) is 41.1 Å². The Morgan fingerprint density at radius 2 is 1.33 bits per heavy atom. The van der Waals surface area contributed by atoms with Gasteiger partial charge >= 0.3 is 0 Å². The molecule has 0 fully saturated rings. The summed E-state index contributed by atoms with van der Waals surface area (Å²) in [7, 11) is 4.48. The van der Waals surface area contributed by atoms with E-state index in [1.165, 1.54) is 33.5 Å². The summed E-state index contributed by atoms with van der Waals surface area (Å²) in [4.78, 5) is 0. The Morgan fingerprint density at radius 1 is 0.792 bits per heavy atom. The van der Waals surface area contributed by atoms with Gasteiger partial charge in [0.2, 0.25) is 5.75 Å². The van der Waals surface area contributed by atoms with E-state index in [2.05, 4.69) is 0 Å². The van der Waals surface area contributed by atoms with Crippen molar-refractivity contribution in [3.05, 3.63) is 40.4 Å². The van der Waals surface area contributed by atoms with Crippen LogP contribution >= 0.6 is 11.6 Å². The van der Waals surface area contributed by atoms with Gasteiger partial charge in [-0.15, -0.1) is 0 Å². The molecule has 0 saturated heterocycles. The van der Waals surface area contributed by atoms with Crippen LogP contribution in [-0.2, 0) is 0 Å². The second kappa shape index (κ2) is 7.45. The molecule has 0 N–H and O–H groups in total. The Balaban J connectivity index is 2.49. The van der Waals surface area contributed by atoms with E-state index in [0.717, 1.165) is 0 Å². The normalized spacial score (nSPS) is 9.58. The van der Waals surface area contributed by atoms with Crippen molar-refractivity contribution in [2.45, 2.75) is 0 Å². The van der Waals surface area contributed by atoms with Crippen LogP contribution in [0.5, 0.6) is 28.7 Å². The molecule has 24 heavy (non-hydrogen) atoms. The zero-order chi connectivity index (χ0) is 17.7. The monoisotopic (exact) mass is 344 g/mol. The highest BCUT2D eigenvalue weighted by molar-refractivity contribution is 6.32. The highest BCUT2D eigenvalue weighted by Crippen LogP contribution is 2.42. The lowest BCUT2D eigenvalue weighted by atomic mass is 10.1. The number of hydrogen-bond donors (Lipinski definition) is 0. The third-order valence-electron chi connectivity index (χ3n) is 3.18. The van der Waals surface area contributed by atoms with Crippen molar-refractivity contribution >= 4 is 11.6 Å². The quantitative estimate of drug-likeness (QED) is 0.817. The largest absolute Gasteiger partial charge is 0.493 e. The van der Waals surface area contributed by atoms with Gasteiger partial charge in [0.05, 0.1) is 37.5 Å². The molecule has 2 aromatic carbocycles. The van der Waals surface area contributed by atoms with Gasteiger partial charge in [-0.2, -0.15) is 10.5 Å². The molecular weight excluding hydrogens is 332 g/mol. The van der Waals surface area contributed by atoms with Crippen molar-refractivity contribution < 1.29 is 18.9 Å². The molecule has 2 rings (SSSR count). The molecule has 0 radical (unpaired) electrons. The smallest absolute Gasteiger partial charge is 0.203 e. The maximum absolute atomic E-state index is 9.11. The molecule has 0 saturated carbocycles. The van der Waals surface area contributed by atoms with Crippen molar-refractivity contribution in [1.29, 1.82) is 10.5 Å². The molecule has 0 aliphatic carbocycles. The fraction of sp³-hybridized carbons (Fsp3) is 0.176. The number of rotatable bonds is 5. The molecule has 0 amide bonds. The maximum Gasteiger partial charge on any atom is 0.203 e. The van der Waals surface area contributed by atoms with Crippen LogP contribution in [0.4, 0.5) is 0 Å². The minimum Gasteiger partial charge on any atom is -0.493 e. The number of nitrogens with zero attached hydrogens (tertiary/aromatic N) is 2. The first-order chi connectivity index (χ1) is 11.6. The van der Waals surface area contributed by atoms with Gasteiger partial charge in [0, 0.05) is 18.2 Å². The molecule has 0 heterocycles. The Morgan fingerprint density at radius 3 is 1.79 bits per heavy atom. The number of nitriles is 2. The number of halogens is 1. The molecule has 0 atom stereocenters. The molecule has 0 aromatic heterocycles. The fourth-order valence-electron chi connectivity index (χ4n) is 2.06. The van der Waals surface area contributed by atoms with Crippen LogP contribution in [0.1, 0.15) is 11.1 Å². The van der Waals surface area contributed by atoms with Crippen LogP contribution in [0.2, 0.25) is 5.02 Å². The van der Waals surface area contributed by atoms with Crippen molar-refractivity contribution in [1.82, 2.24) is 0 Å². The van der Waals surface area contributed by atoms with Crippen LogP contribution in [0, 0.1) is 22.7 Å². The first-order valence-corrected chi connectivity index (χ1v) is 7.07. The Bertz CT molecular complexity index is 828. The minimum absolute atomic E-state index is 0.171. The number of benzene rings is 2. The lowest BCUT2D eigenvalue weighted by Gasteiger charge is -2.15.